The molecule has 0 aliphatic heterocycles. The molecule has 0 spiro atoms. The summed E-state index contributed by atoms with van der Waals surface area (Å²) in [7, 11) is -3.88. The minimum atomic E-state index is -3.88. The van der Waals surface area contributed by atoms with Crippen molar-refractivity contribution in [2.75, 3.05) is 19.7 Å². The van der Waals surface area contributed by atoms with Crippen LogP contribution in [0.25, 0.3) is 0 Å². The molecule has 0 atom stereocenters. The molecule has 0 unspecified atom stereocenters. The second-order valence-electron chi connectivity index (χ2n) is 3.68. The van der Waals surface area contributed by atoms with Crippen molar-refractivity contribution < 1.29 is 17.9 Å². The minimum Gasteiger partial charge on any atom is -0.465 e. The molecule has 0 bridgehead atoms. The van der Waals surface area contributed by atoms with Crippen molar-refractivity contribution >= 4 is 39.2 Å². The fourth-order valence-electron chi connectivity index (χ4n) is 1.41. The largest absolute Gasteiger partial charge is 0.465 e. The highest BCUT2D eigenvalue weighted by Gasteiger charge is 2.26. The molecular weight excluding hydrogens is 327 g/mol. The molecular formula is C11H14Cl2N2O4S. The number of carbonyl (C=O) groups excluding carboxylic acids is 1. The van der Waals surface area contributed by atoms with E-state index in [2.05, 4.69) is 4.98 Å². The number of aromatic nitrogens is 1. The predicted molar refractivity (Wildman–Crippen MR) is 75.3 cm³/mol. The van der Waals surface area contributed by atoms with E-state index in [-0.39, 0.29) is 34.8 Å². The Morgan fingerprint density at radius 3 is 2.55 bits per heavy atom. The molecule has 1 rings (SSSR count). The first kappa shape index (κ1) is 17.2. The summed E-state index contributed by atoms with van der Waals surface area (Å²) in [5.74, 6) is -0.619. The Balaban J connectivity index is 3.05. The van der Waals surface area contributed by atoms with Crippen LogP contribution in [0.4, 0.5) is 0 Å². The molecule has 0 aliphatic rings. The molecule has 0 aromatic carbocycles. The second kappa shape index (κ2) is 7.21. The number of rotatable bonds is 6. The molecule has 20 heavy (non-hydrogen) atoms. The first-order valence-electron chi connectivity index (χ1n) is 5.79. The van der Waals surface area contributed by atoms with E-state index < -0.39 is 16.0 Å². The van der Waals surface area contributed by atoms with Crippen molar-refractivity contribution in [1.29, 1.82) is 0 Å². The Morgan fingerprint density at radius 1 is 1.40 bits per heavy atom. The number of hydrogen-bond donors (Lipinski definition) is 0. The molecule has 0 saturated heterocycles. The van der Waals surface area contributed by atoms with Gasteiger partial charge in [-0.15, -0.1) is 0 Å². The van der Waals surface area contributed by atoms with Gasteiger partial charge in [-0.1, -0.05) is 30.1 Å². The number of carbonyl (C=O) groups is 1. The van der Waals surface area contributed by atoms with E-state index in [1.165, 1.54) is 6.07 Å². The third-order valence-corrected chi connectivity index (χ3v) is 4.94. The molecule has 1 heterocycles. The van der Waals surface area contributed by atoms with E-state index in [4.69, 9.17) is 27.9 Å². The number of halogens is 2. The summed E-state index contributed by atoms with van der Waals surface area (Å²) in [5.41, 5.74) is 0. The summed E-state index contributed by atoms with van der Waals surface area (Å²) < 4.78 is 30.4. The lowest BCUT2D eigenvalue weighted by molar-refractivity contribution is -0.143. The highest BCUT2D eigenvalue weighted by molar-refractivity contribution is 7.89. The second-order valence-corrected chi connectivity index (χ2v) is 6.38. The van der Waals surface area contributed by atoms with Crippen LogP contribution >= 0.6 is 23.2 Å². The van der Waals surface area contributed by atoms with Crippen molar-refractivity contribution in [1.82, 2.24) is 9.29 Å². The minimum absolute atomic E-state index is 0.0130. The molecule has 112 valence electrons. The number of ether oxygens (including phenoxy) is 1. The van der Waals surface area contributed by atoms with Gasteiger partial charge in [0.25, 0.3) is 0 Å². The molecule has 9 heteroatoms. The van der Waals surface area contributed by atoms with Gasteiger partial charge in [0.15, 0.2) is 0 Å². The lowest BCUT2D eigenvalue weighted by atomic mass is 10.5. The Labute approximate surface area is 127 Å². The zero-order valence-corrected chi connectivity index (χ0v) is 13.3. The van der Waals surface area contributed by atoms with Crippen LogP contribution in [0, 0.1) is 0 Å². The SMILES string of the molecule is CCOC(=O)CN(CC)S(=O)(=O)c1cnc(Cl)c(Cl)c1. The maximum Gasteiger partial charge on any atom is 0.321 e. The van der Waals surface area contributed by atoms with Crippen LogP contribution in [0.2, 0.25) is 10.2 Å². The maximum absolute atomic E-state index is 12.3. The Kier molecular flexibility index (Phi) is 6.19. The Hall–Kier alpha value is -0.890. The van der Waals surface area contributed by atoms with Gasteiger partial charge in [0.1, 0.15) is 16.6 Å². The third kappa shape index (κ3) is 4.05. The summed E-state index contributed by atoms with van der Waals surface area (Å²) in [4.78, 5) is 15.0. The van der Waals surface area contributed by atoms with Crippen LogP contribution in [-0.4, -0.2) is 43.4 Å². The number of esters is 1. The van der Waals surface area contributed by atoms with Gasteiger partial charge in [0, 0.05) is 12.7 Å². The first-order chi connectivity index (χ1) is 9.32. The highest BCUT2D eigenvalue weighted by Crippen LogP contribution is 2.24. The number of likely N-dealkylation sites (N-methyl/N-ethyl adjacent to an activating group) is 1. The van der Waals surface area contributed by atoms with Crippen LogP contribution in [0.1, 0.15) is 13.8 Å². The van der Waals surface area contributed by atoms with Gasteiger partial charge in [-0.2, -0.15) is 4.31 Å². The smallest absolute Gasteiger partial charge is 0.321 e. The van der Waals surface area contributed by atoms with E-state index in [0.29, 0.717) is 0 Å². The molecule has 1 aromatic heterocycles. The average molecular weight is 341 g/mol. The fourth-order valence-corrected chi connectivity index (χ4v) is 3.11. The topological polar surface area (TPSA) is 76.6 Å². The molecule has 1 aromatic rings. The van der Waals surface area contributed by atoms with Gasteiger partial charge in [-0.05, 0) is 13.0 Å². The molecule has 0 fully saturated rings. The summed E-state index contributed by atoms with van der Waals surface area (Å²) in [6.07, 6.45) is 1.09. The van der Waals surface area contributed by atoms with Crippen LogP contribution in [-0.2, 0) is 19.6 Å². The summed E-state index contributed by atoms with van der Waals surface area (Å²) in [6, 6.07) is 1.19. The van der Waals surface area contributed by atoms with Gasteiger partial charge >= 0.3 is 5.97 Å². The van der Waals surface area contributed by atoms with Gasteiger partial charge in [-0.25, -0.2) is 13.4 Å². The summed E-state index contributed by atoms with van der Waals surface area (Å²) >= 11 is 11.4. The van der Waals surface area contributed by atoms with Crippen LogP contribution in [0.3, 0.4) is 0 Å². The van der Waals surface area contributed by atoms with Gasteiger partial charge in [-0.3, -0.25) is 4.79 Å². The van der Waals surface area contributed by atoms with E-state index in [0.717, 1.165) is 10.5 Å². The maximum atomic E-state index is 12.3. The van der Waals surface area contributed by atoms with Crippen molar-refractivity contribution in [3.05, 3.63) is 22.4 Å². The van der Waals surface area contributed by atoms with Crippen molar-refractivity contribution in [2.45, 2.75) is 18.7 Å². The number of sulfonamides is 1. The molecule has 0 aliphatic carbocycles. The molecule has 6 nitrogen and oxygen atoms in total. The Bertz CT molecular complexity index is 592. The predicted octanol–water partition coefficient (Wildman–Crippen LogP) is 1.96. The van der Waals surface area contributed by atoms with E-state index in [9.17, 15) is 13.2 Å². The highest BCUT2D eigenvalue weighted by atomic mass is 35.5. The Morgan fingerprint density at radius 2 is 2.05 bits per heavy atom. The van der Waals surface area contributed by atoms with Crippen molar-refractivity contribution in [2.24, 2.45) is 0 Å². The number of pyridine rings is 1. The van der Waals surface area contributed by atoms with Crippen LogP contribution in [0.15, 0.2) is 17.2 Å². The normalized spacial score (nSPS) is 11.7. The standard InChI is InChI=1S/C11H14Cl2N2O4S/c1-3-15(7-10(16)19-4-2)20(17,18)8-5-9(12)11(13)14-6-8/h5-6H,3-4,7H2,1-2H3. The first-order valence-corrected chi connectivity index (χ1v) is 7.99. The van der Waals surface area contributed by atoms with E-state index in [1.807, 2.05) is 0 Å². The molecule has 0 saturated carbocycles. The quantitative estimate of drug-likeness (QED) is 0.584. The zero-order chi connectivity index (χ0) is 15.3. The lowest BCUT2D eigenvalue weighted by Gasteiger charge is -2.19. The van der Waals surface area contributed by atoms with Crippen LogP contribution in [0.5, 0.6) is 0 Å². The van der Waals surface area contributed by atoms with Gasteiger partial charge < -0.3 is 4.74 Å². The number of nitrogens with zero attached hydrogens (tertiary/aromatic N) is 2. The molecule has 0 amide bonds. The van der Waals surface area contributed by atoms with E-state index in [1.54, 1.807) is 13.8 Å². The van der Waals surface area contributed by atoms with Crippen LogP contribution < -0.4 is 0 Å². The monoisotopic (exact) mass is 340 g/mol. The summed E-state index contributed by atoms with van der Waals surface area (Å²) in [5, 5.41) is 0.0407. The molecule has 0 N–H and O–H groups in total. The van der Waals surface area contributed by atoms with Crippen molar-refractivity contribution in [3.8, 4) is 0 Å². The van der Waals surface area contributed by atoms with Crippen molar-refractivity contribution in [3.63, 3.8) is 0 Å². The van der Waals surface area contributed by atoms with Gasteiger partial charge in [0.2, 0.25) is 10.0 Å². The zero-order valence-electron chi connectivity index (χ0n) is 11.0. The molecule has 0 radical (unpaired) electrons. The number of hydrogen-bond acceptors (Lipinski definition) is 5. The fraction of sp³-hybridized carbons (Fsp3) is 0.455. The third-order valence-electron chi connectivity index (χ3n) is 2.37. The average Bonchev–Trinajstić information content (AvgIpc) is 2.39. The summed E-state index contributed by atoms with van der Waals surface area (Å²) in [6.45, 7) is 3.19. The lowest BCUT2D eigenvalue weighted by Crippen LogP contribution is -2.36. The van der Waals surface area contributed by atoms with E-state index >= 15 is 0 Å². The van der Waals surface area contributed by atoms with Gasteiger partial charge in [0.05, 0.1) is 11.6 Å².